The molecule has 0 atom stereocenters. The summed E-state index contributed by atoms with van der Waals surface area (Å²) in [5, 5.41) is 13.2. The largest absolute Gasteiger partial charge is 0.341 e. The van der Waals surface area contributed by atoms with Gasteiger partial charge in [0.15, 0.2) is 11.0 Å². The molecular weight excluding hydrogens is 342 g/mol. The zero-order valence-electron chi connectivity index (χ0n) is 13.4. The zero-order chi connectivity index (χ0) is 16.9. The van der Waals surface area contributed by atoms with Crippen LogP contribution >= 0.6 is 23.1 Å². The minimum Gasteiger partial charge on any atom is -0.341 e. The van der Waals surface area contributed by atoms with E-state index in [2.05, 4.69) is 20.6 Å². The van der Waals surface area contributed by atoms with E-state index in [1.54, 1.807) is 28.6 Å². The molecule has 0 radical (unpaired) electrons. The molecule has 0 aliphatic carbocycles. The number of hydrogen-bond donors (Lipinski definition) is 0. The van der Waals surface area contributed by atoms with Gasteiger partial charge in [-0.2, -0.15) is 11.3 Å². The number of hydrogen-bond acceptors (Lipinski definition) is 6. The first kappa shape index (κ1) is 16.7. The van der Waals surface area contributed by atoms with E-state index in [1.165, 1.54) is 11.8 Å². The summed E-state index contributed by atoms with van der Waals surface area (Å²) >= 11 is 3.03. The Labute approximate surface area is 148 Å². The fourth-order valence-corrected chi connectivity index (χ4v) is 3.68. The van der Waals surface area contributed by atoms with E-state index in [0.29, 0.717) is 17.5 Å². The highest BCUT2D eigenvalue weighted by Crippen LogP contribution is 2.22. The van der Waals surface area contributed by atoms with Crippen LogP contribution in [-0.4, -0.2) is 43.4 Å². The number of aromatic nitrogens is 4. The number of thioether (sulfide) groups is 1. The van der Waals surface area contributed by atoms with Crippen molar-refractivity contribution in [2.75, 3.05) is 12.8 Å². The lowest BCUT2D eigenvalue weighted by atomic mass is 10.3. The standard InChI is InChI=1S/C16H17N5OS2/c1-20(9-12-5-7-23-10-12)14(22)11-24-16-19-18-15(21(16)2)13-4-3-6-17-8-13/h3-8,10H,9,11H2,1-2H3. The third-order valence-electron chi connectivity index (χ3n) is 3.50. The van der Waals surface area contributed by atoms with Gasteiger partial charge in [-0.15, -0.1) is 10.2 Å². The van der Waals surface area contributed by atoms with Crippen LogP contribution < -0.4 is 0 Å². The monoisotopic (exact) mass is 359 g/mol. The molecule has 0 fully saturated rings. The predicted octanol–water partition coefficient (Wildman–Crippen LogP) is 2.69. The van der Waals surface area contributed by atoms with Gasteiger partial charge in [-0.1, -0.05) is 11.8 Å². The van der Waals surface area contributed by atoms with Crippen molar-refractivity contribution in [3.05, 3.63) is 46.9 Å². The lowest BCUT2D eigenvalue weighted by Gasteiger charge is -2.15. The molecule has 0 saturated carbocycles. The summed E-state index contributed by atoms with van der Waals surface area (Å²) in [6.07, 6.45) is 3.47. The van der Waals surface area contributed by atoms with Crippen molar-refractivity contribution in [2.24, 2.45) is 7.05 Å². The first-order valence-electron chi connectivity index (χ1n) is 7.33. The molecule has 3 aromatic rings. The van der Waals surface area contributed by atoms with Crippen molar-refractivity contribution in [1.82, 2.24) is 24.6 Å². The van der Waals surface area contributed by atoms with Crippen LogP contribution in [0.25, 0.3) is 11.4 Å². The second kappa shape index (κ2) is 7.59. The number of pyridine rings is 1. The third kappa shape index (κ3) is 3.82. The van der Waals surface area contributed by atoms with Crippen LogP contribution in [0.15, 0.2) is 46.5 Å². The molecule has 1 amide bonds. The quantitative estimate of drug-likeness (QED) is 0.633. The van der Waals surface area contributed by atoms with Crippen molar-refractivity contribution in [3.8, 4) is 11.4 Å². The second-order valence-electron chi connectivity index (χ2n) is 5.28. The van der Waals surface area contributed by atoms with Crippen LogP contribution in [0, 0.1) is 0 Å². The van der Waals surface area contributed by atoms with Gasteiger partial charge in [-0.3, -0.25) is 9.78 Å². The van der Waals surface area contributed by atoms with E-state index in [4.69, 9.17) is 0 Å². The van der Waals surface area contributed by atoms with E-state index in [0.717, 1.165) is 17.0 Å². The average molecular weight is 359 g/mol. The van der Waals surface area contributed by atoms with Gasteiger partial charge in [0.2, 0.25) is 5.91 Å². The lowest BCUT2D eigenvalue weighted by molar-refractivity contribution is -0.127. The maximum atomic E-state index is 12.3. The normalized spacial score (nSPS) is 10.8. The van der Waals surface area contributed by atoms with Crippen LogP contribution in [0.3, 0.4) is 0 Å². The molecule has 0 aromatic carbocycles. The number of amides is 1. The van der Waals surface area contributed by atoms with E-state index < -0.39 is 0 Å². The number of rotatable bonds is 6. The van der Waals surface area contributed by atoms with Crippen LogP contribution in [-0.2, 0) is 18.4 Å². The van der Waals surface area contributed by atoms with Gasteiger partial charge in [0.25, 0.3) is 0 Å². The van der Waals surface area contributed by atoms with Gasteiger partial charge < -0.3 is 9.47 Å². The molecule has 124 valence electrons. The molecule has 3 heterocycles. The number of carbonyl (C=O) groups is 1. The molecule has 24 heavy (non-hydrogen) atoms. The van der Waals surface area contributed by atoms with Crippen molar-refractivity contribution < 1.29 is 4.79 Å². The number of carbonyl (C=O) groups excluding carboxylic acids is 1. The maximum absolute atomic E-state index is 12.3. The lowest BCUT2D eigenvalue weighted by Crippen LogP contribution is -2.27. The summed E-state index contributed by atoms with van der Waals surface area (Å²) in [5.74, 6) is 1.14. The number of nitrogens with zero attached hydrogens (tertiary/aromatic N) is 5. The molecule has 0 aliphatic heterocycles. The molecule has 0 unspecified atom stereocenters. The Bertz CT molecular complexity index is 801. The Morgan fingerprint density at radius 3 is 2.96 bits per heavy atom. The molecule has 0 aliphatic rings. The molecule has 0 spiro atoms. The van der Waals surface area contributed by atoms with Crippen molar-refractivity contribution in [2.45, 2.75) is 11.7 Å². The third-order valence-corrected chi connectivity index (χ3v) is 5.24. The van der Waals surface area contributed by atoms with Crippen molar-refractivity contribution in [1.29, 1.82) is 0 Å². The molecular formula is C16H17N5OS2. The Balaban J connectivity index is 1.61. The maximum Gasteiger partial charge on any atom is 0.233 e. The van der Waals surface area contributed by atoms with E-state index in [-0.39, 0.29) is 5.91 Å². The highest BCUT2D eigenvalue weighted by molar-refractivity contribution is 7.99. The minimum atomic E-state index is 0.0668. The summed E-state index contributed by atoms with van der Waals surface area (Å²) in [5.41, 5.74) is 2.05. The van der Waals surface area contributed by atoms with Crippen molar-refractivity contribution >= 4 is 29.0 Å². The molecule has 0 N–H and O–H groups in total. The van der Waals surface area contributed by atoms with Gasteiger partial charge in [-0.05, 0) is 34.5 Å². The molecule has 6 nitrogen and oxygen atoms in total. The zero-order valence-corrected chi connectivity index (χ0v) is 15.0. The first-order valence-corrected chi connectivity index (χ1v) is 9.25. The Hall–Kier alpha value is -2.19. The Kier molecular flexibility index (Phi) is 5.27. The summed E-state index contributed by atoms with van der Waals surface area (Å²) < 4.78 is 1.88. The topological polar surface area (TPSA) is 63.9 Å². The molecule has 0 bridgehead atoms. The SMILES string of the molecule is CN(Cc1ccsc1)C(=O)CSc1nnc(-c2cccnc2)n1C. The molecule has 0 saturated heterocycles. The van der Waals surface area contributed by atoms with Gasteiger partial charge >= 0.3 is 0 Å². The van der Waals surface area contributed by atoms with Gasteiger partial charge in [-0.25, -0.2) is 0 Å². The second-order valence-corrected chi connectivity index (χ2v) is 7.00. The van der Waals surface area contributed by atoms with E-state index in [1.807, 2.05) is 42.2 Å². The minimum absolute atomic E-state index is 0.0668. The smallest absolute Gasteiger partial charge is 0.233 e. The Morgan fingerprint density at radius 1 is 1.38 bits per heavy atom. The molecule has 3 aromatic heterocycles. The fraction of sp³-hybridized carbons (Fsp3) is 0.250. The van der Waals surface area contributed by atoms with E-state index >= 15 is 0 Å². The van der Waals surface area contributed by atoms with Crippen LogP contribution in [0.5, 0.6) is 0 Å². The van der Waals surface area contributed by atoms with Crippen LogP contribution in [0.1, 0.15) is 5.56 Å². The van der Waals surface area contributed by atoms with Crippen molar-refractivity contribution in [3.63, 3.8) is 0 Å². The van der Waals surface area contributed by atoms with Crippen LogP contribution in [0.2, 0.25) is 0 Å². The average Bonchev–Trinajstić information content (AvgIpc) is 3.23. The summed E-state index contributed by atoms with van der Waals surface area (Å²) in [6, 6.07) is 5.83. The first-order chi connectivity index (χ1) is 11.6. The number of thiophene rings is 1. The summed E-state index contributed by atoms with van der Waals surface area (Å²) in [4.78, 5) is 18.1. The summed E-state index contributed by atoms with van der Waals surface area (Å²) in [7, 11) is 3.71. The van der Waals surface area contributed by atoms with Gasteiger partial charge in [0.05, 0.1) is 5.75 Å². The Morgan fingerprint density at radius 2 is 2.25 bits per heavy atom. The van der Waals surface area contributed by atoms with Crippen LogP contribution in [0.4, 0.5) is 0 Å². The molecule has 3 rings (SSSR count). The highest BCUT2D eigenvalue weighted by Gasteiger charge is 2.15. The molecule has 8 heteroatoms. The van der Waals surface area contributed by atoms with Gasteiger partial charge in [0, 0.05) is 38.6 Å². The fourth-order valence-electron chi connectivity index (χ4n) is 2.17. The van der Waals surface area contributed by atoms with E-state index in [9.17, 15) is 4.79 Å². The summed E-state index contributed by atoms with van der Waals surface area (Å²) in [6.45, 7) is 0.628. The highest BCUT2D eigenvalue weighted by atomic mass is 32.2. The van der Waals surface area contributed by atoms with Gasteiger partial charge in [0.1, 0.15) is 0 Å². The predicted molar refractivity (Wildman–Crippen MR) is 95.8 cm³/mol.